The van der Waals surface area contributed by atoms with Crippen molar-refractivity contribution >= 4 is 58.8 Å². The van der Waals surface area contributed by atoms with Gasteiger partial charge in [-0.1, -0.05) is 23.2 Å². The van der Waals surface area contributed by atoms with Crippen LogP contribution >= 0.6 is 47.2 Å². The Morgan fingerprint density at radius 1 is 1.42 bits per heavy atom. The second-order valence-electron chi connectivity index (χ2n) is 5.17. The molecule has 0 aliphatic carbocycles. The highest BCUT2D eigenvalue weighted by atomic mass is 127. The summed E-state index contributed by atoms with van der Waals surface area (Å²) in [6.07, 6.45) is 2.61. The van der Waals surface area contributed by atoms with Crippen molar-refractivity contribution < 1.29 is 4.92 Å². The number of hydrogen-bond donors (Lipinski definition) is 2. The fourth-order valence-electron chi connectivity index (χ4n) is 2.10. The van der Waals surface area contributed by atoms with E-state index in [2.05, 4.69) is 20.7 Å². The van der Waals surface area contributed by atoms with Gasteiger partial charge in [0.15, 0.2) is 5.96 Å². The van der Waals surface area contributed by atoms with E-state index in [0.717, 1.165) is 5.69 Å². The maximum Gasteiger partial charge on any atom is 0.306 e. The second-order valence-corrected chi connectivity index (χ2v) is 5.94. The Balaban J connectivity index is 0.00000338. The SMILES string of the molecule is CCNC(=NCc1cc(Cl)c(Cl)n1C)NCCn1cc([N+](=O)[O-])cn1.I. The Labute approximate surface area is 177 Å². The number of nitrogens with one attached hydrogen (secondary N) is 2. The van der Waals surface area contributed by atoms with Gasteiger partial charge in [-0.05, 0) is 13.0 Å². The predicted molar refractivity (Wildman–Crippen MR) is 113 cm³/mol. The summed E-state index contributed by atoms with van der Waals surface area (Å²) in [6, 6.07) is 1.78. The molecule has 0 aliphatic rings. The van der Waals surface area contributed by atoms with E-state index in [4.69, 9.17) is 23.2 Å². The quantitative estimate of drug-likeness (QED) is 0.194. The smallest absolute Gasteiger partial charge is 0.306 e. The normalized spacial score (nSPS) is 11.2. The number of guanidine groups is 1. The first-order valence-electron chi connectivity index (χ1n) is 7.61. The van der Waals surface area contributed by atoms with Crippen LogP contribution in [-0.2, 0) is 20.1 Å². The zero-order valence-corrected chi connectivity index (χ0v) is 18.1. The third-order valence-electron chi connectivity index (χ3n) is 3.42. The fourth-order valence-corrected chi connectivity index (χ4v) is 2.52. The minimum absolute atomic E-state index is 0. The summed E-state index contributed by atoms with van der Waals surface area (Å²) < 4.78 is 3.28. The zero-order valence-electron chi connectivity index (χ0n) is 14.3. The van der Waals surface area contributed by atoms with E-state index in [1.807, 2.05) is 14.0 Å². The molecule has 0 radical (unpaired) electrons. The van der Waals surface area contributed by atoms with Gasteiger partial charge in [0, 0.05) is 25.8 Å². The lowest BCUT2D eigenvalue weighted by molar-refractivity contribution is -0.385. The van der Waals surface area contributed by atoms with Gasteiger partial charge >= 0.3 is 5.69 Å². The molecule has 0 spiro atoms. The molecule has 0 unspecified atom stereocenters. The Morgan fingerprint density at radius 2 is 2.15 bits per heavy atom. The molecule has 0 fully saturated rings. The number of nitro groups is 1. The number of nitrogens with zero attached hydrogens (tertiary/aromatic N) is 5. The van der Waals surface area contributed by atoms with Gasteiger partial charge in [-0.15, -0.1) is 24.0 Å². The van der Waals surface area contributed by atoms with E-state index in [1.54, 1.807) is 10.6 Å². The van der Waals surface area contributed by atoms with Gasteiger partial charge in [0.25, 0.3) is 0 Å². The van der Waals surface area contributed by atoms with Crippen LogP contribution in [0.1, 0.15) is 12.6 Å². The molecule has 0 bridgehead atoms. The minimum Gasteiger partial charge on any atom is -0.357 e. The Bertz CT molecular complexity index is 775. The van der Waals surface area contributed by atoms with Gasteiger partial charge < -0.3 is 15.2 Å². The van der Waals surface area contributed by atoms with E-state index in [1.165, 1.54) is 17.1 Å². The first-order chi connectivity index (χ1) is 11.9. The summed E-state index contributed by atoms with van der Waals surface area (Å²) in [5.41, 5.74) is 0.855. The molecular formula is C14H20Cl2IN7O2. The van der Waals surface area contributed by atoms with Gasteiger partial charge in [0.2, 0.25) is 0 Å². The van der Waals surface area contributed by atoms with Crippen molar-refractivity contribution in [3.05, 3.63) is 44.4 Å². The predicted octanol–water partition coefficient (Wildman–Crippen LogP) is 2.81. The molecule has 0 saturated heterocycles. The Kier molecular flexibility index (Phi) is 9.16. The van der Waals surface area contributed by atoms with Gasteiger partial charge in [0.05, 0.1) is 23.0 Å². The number of hydrogen-bond acceptors (Lipinski definition) is 4. The van der Waals surface area contributed by atoms with Gasteiger partial charge in [-0.25, -0.2) is 4.99 Å². The van der Waals surface area contributed by atoms with Crippen LogP contribution in [0.4, 0.5) is 5.69 Å². The molecule has 0 atom stereocenters. The Hall–Kier alpha value is -1.53. The molecule has 0 aliphatic heterocycles. The molecule has 0 aromatic carbocycles. The van der Waals surface area contributed by atoms with Crippen molar-refractivity contribution in [2.75, 3.05) is 13.1 Å². The molecule has 2 N–H and O–H groups in total. The molecule has 9 nitrogen and oxygen atoms in total. The third kappa shape index (κ3) is 6.02. The maximum atomic E-state index is 10.6. The van der Waals surface area contributed by atoms with E-state index in [9.17, 15) is 10.1 Å². The monoisotopic (exact) mass is 515 g/mol. The van der Waals surface area contributed by atoms with E-state index in [-0.39, 0.29) is 29.7 Å². The number of rotatable bonds is 7. The van der Waals surface area contributed by atoms with Crippen molar-refractivity contribution in [3.8, 4) is 0 Å². The van der Waals surface area contributed by atoms with Crippen molar-refractivity contribution in [1.82, 2.24) is 25.0 Å². The largest absolute Gasteiger partial charge is 0.357 e. The van der Waals surface area contributed by atoms with Crippen LogP contribution in [0.25, 0.3) is 0 Å². The summed E-state index contributed by atoms with van der Waals surface area (Å²) in [6.45, 7) is 4.06. The first kappa shape index (κ1) is 22.5. The van der Waals surface area contributed by atoms with E-state index in [0.29, 0.717) is 42.3 Å². The summed E-state index contributed by atoms with van der Waals surface area (Å²) in [5.74, 6) is 0.623. The standard InChI is InChI=1S/C14H19Cl2N7O2.HI/c1-3-17-14(19-7-10-6-12(15)13(16)21(10)2)18-4-5-22-9-11(8-20-22)23(24)25;/h6,8-9H,3-5,7H2,1-2H3,(H2,17,18,19);1H. The van der Waals surface area contributed by atoms with Crippen LogP contribution in [0.15, 0.2) is 23.5 Å². The number of aromatic nitrogens is 3. The molecule has 26 heavy (non-hydrogen) atoms. The van der Waals surface area contributed by atoms with Crippen LogP contribution in [0.2, 0.25) is 10.2 Å². The van der Waals surface area contributed by atoms with Crippen LogP contribution in [0.3, 0.4) is 0 Å². The van der Waals surface area contributed by atoms with E-state index >= 15 is 0 Å². The molecular weight excluding hydrogens is 496 g/mol. The van der Waals surface area contributed by atoms with Crippen LogP contribution < -0.4 is 10.6 Å². The van der Waals surface area contributed by atoms with Crippen LogP contribution in [0, 0.1) is 10.1 Å². The zero-order chi connectivity index (χ0) is 18.4. The van der Waals surface area contributed by atoms with Crippen LogP contribution in [0.5, 0.6) is 0 Å². The van der Waals surface area contributed by atoms with Crippen molar-refractivity contribution in [2.24, 2.45) is 12.0 Å². The highest BCUT2D eigenvalue weighted by Gasteiger charge is 2.10. The average Bonchev–Trinajstić information content (AvgIpc) is 3.14. The van der Waals surface area contributed by atoms with Crippen molar-refractivity contribution in [1.29, 1.82) is 0 Å². The molecule has 2 heterocycles. The lowest BCUT2D eigenvalue weighted by Crippen LogP contribution is -2.38. The summed E-state index contributed by atoms with van der Waals surface area (Å²) in [7, 11) is 1.82. The highest BCUT2D eigenvalue weighted by Crippen LogP contribution is 2.25. The molecule has 0 saturated carbocycles. The molecule has 2 aromatic rings. The molecule has 0 amide bonds. The van der Waals surface area contributed by atoms with Crippen molar-refractivity contribution in [3.63, 3.8) is 0 Å². The lowest BCUT2D eigenvalue weighted by Gasteiger charge is -2.11. The minimum atomic E-state index is -0.474. The average molecular weight is 516 g/mol. The van der Waals surface area contributed by atoms with E-state index < -0.39 is 4.92 Å². The molecule has 144 valence electrons. The summed E-state index contributed by atoms with van der Waals surface area (Å²) in [4.78, 5) is 14.6. The van der Waals surface area contributed by atoms with Gasteiger partial charge in [-0.3, -0.25) is 14.8 Å². The van der Waals surface area contributed by atoms with Gasteiger partial charge in [0.1, 0.15) is 17.5 Å². The van der Waals surface area contributed by atoms with Crippen LogP contribution in [-0.4, -0.2) is 38.3 Å². The fraction of sp³-hybridized carbons (Fsp3) is 0.429. The first-order valence-corrected chi connectivity index (χ1v) is 8.36. The molecule has 2 rings (SSSR count). The van der Waals surface area contributed by atoms with Crippen molar-refractivity contribution in [2.45, 2.75) is 20.0 Å². The maximum absolute atomic E-state index is 10.6. The topological polar surface area (TPSA) is 102 Å². The summed E-state index contributed by atoms with van der Waals surface area (Å²) in [5, 5.41) is 21.8. The lowest BCUT2D eigenvalue weighted by atomic mass is 10.4. The van der Waals surface area contributed by atoms with Gasteiger partial charge in [-0.2, -0.15) is 5.10 Å². The molecule has 2 aromatic heterocycles. The summed E-state index contributed by atoms with van der Waals surface area (Å²) >= 11 is 12.0. The number of aliphatic imine (C=N–C) groups is 1. The number of halogens is 3. The Morgan fingerprint density at radius 3 is 2.69 bits per heavy atom. The highest BCUT2D eigenvalue weighted by molar-refractivity contribution is 14.0. The third-order valence-corrected chi connectivity index (χ3v) is 4.26. The second kappa shape index (κ2) is 10.6. The molecule has 12 heteroatoms.